The fourth-order valence-corrected chi connectivity index (χ4v) is 5.26. The Morgan fingerprint density at radius 2 is 1.48 bits per heavy atom. The summed E-state index contributed by atoms with van der Waals surface area (Å²) in [5, 5.41) is 4.60. The first-order chi connectivity index (χ1) is 20.2. The standard InChI is InChI=1S/C28H36F9N7/c1-5-24(43-9-8-41(3)17(2)14-43)23-7-6-20(26(29,30)31)12-19(23)16-44(25(38)40-42(4)39)15-18-10-21(27(32,33)34)13-22(11-18)28(35,36)37/h6-7,10-13,17,24H,5,8-9,14-16,39H2,1-4H3,(H2,38,40). The highest BCUT2D eigenvalue weighted by Gasteiger charge is 2.38. The molecule has 7 nitrogen and oxygen atoms in total. The van der Waals surface area contributed by atoms with Crippen LogP contribution in [-0.2, 0) is 31.6 Å². The molecule has 16 heteroatoms. The zero-order valence-corrected chi connectivity index (χ0v) is 24.7. The van der Waals surface area contributed by atoms with Gasteiger partial charge in [0.2, 0.25) is 5.96 Å². The average molecular weight is 642 g/mol. The maximum Gasteiger partial charge on any atom is 0.416 e. The van der Waals surface area contributed by atoms with Crippen molar-refractivity contribution in [1.29, 1.82) is 0 Å². The highest BCUT2D eigenvalue weighted by atomic mass is 19.4. The number of rotatable bonds is 8. The van der Waals surface area contributed by atoms with Crippen molar-refractivity contribution in [2.24, 2.45) is 16.7 Å². The summed E-state index contributed by atoms with van der Waals surface area (Å²) in [5.74, 6) is 5.14. The second-order valence-electron chi connectivity index (χ2n) is 11.0. The summed E-state index contributed by atoms with van der Waals surface area (Å²) < 4.78 is 123. The van der Waals surface area contributed by atoms with Crippen molar-refractivity contribution in [3.63, 3.8) is 0 Å². The van der Waals surface area contributed by atoms with E-state index in [1.165, 1.54) is 13.1 Å². The predicted octanol–water partition coefficient (Wildman–Crippen LogP) is 5.87. The molecule has 0 aliphatic carbocycles. The molecule has 1 fully saturated rings. The van der Waals surface area contributed by atoms with Gasteiger partial charge in [-0.15, -0.1) is 5.10 Å². The normalized spacial score (nSPS) is 18.4. The monoisotopic (exact) mass is 641 g/mol. The van der Waals surface area contributed by atoms with Gasteiger partial charge in [-0.1, -0.05) is 13.0 Å². The minimum atomic E-state index is -5.10. The van der Waals surface area contributed by atoms with Gasteiger partial charge in [0.1, 0.15) is 0 Å². The van der Waals surface area contributed by atoms with Crippen LogP contribution in [0, 0.1) is 0 Å². The van der Waals surface area contributed by atoms with Crippen LogP contribution < -0.4 is 11.6 Å². The number of piperazine rings is 1. The van der Waals surface area contributed by atoms with Crippen LogP contribution in [0.5, 0.6) is 0 Å². The van der Waals surface area contributed by atoms with Gasteiger partial charge in [0, 0.05) is 51.9 Å². The van der Waals surface area contributed by atoms with Gasteiger partial charge in [-0.2, -0.15) is 39.5 Å². The van der Waals surface area contributed by atoms with E-state index in [0.717, 1.165) is 28.7 Å². The van der Waals surface area contributed by atoms with Crippen molar-refractivity contribution in [3.8, 4) is 0 Å². The molecule has 0 saturated carbocycles. The number of hydrazone groups is 1. The Bertz CT molecular complexity index is 1270. The summed E-state index contributed by atoms with van der Waals surface area (Å²) in [5.41, 5.74) is 2.28. The Hall–Kier alpha value is -3.24. The molecular weight excluding hydrogens is 605 g/mol. The van der Waals surface area contributed by atoms with E-state index in [2.05, 4.69) is 14.9 Å². The van der Waals surface area contributed by atoms with Crippen LogP contribution in [0.15, 0.2) is 41.5 Å². The van der Waals surface area contributed by atoms with Crippen molar-refractivity contribution < 1.29 is 39.5 Å². The van der Waals surface area contributed by atoms with Crippen LogP contribution in [0.2, 0.25) is 0 Å². The van der Waals surface area contributed by atoms with Crippen molar-refractivity contribution in [3.05, 3.63) is 69.8 Å². The zero-order valence-electron chi connectivity index (χ0n) is 24.7. The van der Waals surface area contributed by atoms with E-state index in [1.54, 1.807) is 0 Å². The van der Waals surface area contributed by atoms with Crippen LogP contribution in [0.1, 0.15) is 59.7 Å². The Morgan fingerprint density at radius 1 is 0.909 bits per heavy atom. The van der Waals surface area contributed by atoms with Crippen LogP contribution in [-0.4, -0.2) is 65.5 Å². The molecule has 0 amide bonds. The molecule has 4 N–H and O–H groups in total. The zero-order chi connectivity index (χ0) is 33.2. The number of hydrogen-bond acceptors (Lipinski definition) is 5. The summed E-state index contributed by atoms with van der Waals surface area (Å²) in [7, 11) is 3.24. The second-order valence-corrected chi connectivity index (χ2v) is 11.0. The van der Waals surface area contributed by atoms with Crippen molar-refractivity contribution in [2.75, 3.05) is 33.7 Å². The maximum atomic E-state index is 13.8. The Morgan fingerprint density at radius 3 is 1.95 bits per heavy atom. The third-order valence-corrected chi connectivity index (χ3v) is 7.61. The Kier molecular flexibility index (Phi) is 10.7. The highest BCUT2D eigenvalue weighted by Crippen LogP contribution is 2.38. The van der Waals surface area contributed by atoms with Gasteiger partial charge >= 0.3 is 18.5 Å². The van der Waals surface area contributed by atoms with E-state index in [4.69, 9.17) is 11.6 Å². The molecule has 44 heavy (non-hydrogen) atoms. The molecule has 2 aromatic carbocycles. The topological polar surface area (TPSA) is 77.4 Å². The third kappa shape index (κ3) is 8.91. The lowest BCUT2D eigenvalue weighted by Gasteiger charge is -2.42. The molecule has 2 atom stereocenters. The highest BCUT2D eigenvalue weighted by molar-refractivity contribution is 5.78. The van der Waals surface area contributed by atoms with Gasteiger partial charge in [0.15, 0.2) is 0 Å². The number of alkyl halides is 9. The molecule has 1 heterocycles. The average Bonchev–Trinajstić information content (AvgIpc) is 2.89. The SMILES string of the molecule is CCC(c1ccc(C(F)(F)F)cc1CN(Cc1cc(C(F)(F)F)cc(C(F)(F)F)c1)/C(N)=N/N(C)N)N1CCN(C)C(C)C1. The number of hydrogen-bond donors (Lipinski definition) is 2. The molecule has 246 valence electrons. The number of halogens is 9. The molecule has 1 saturated heterocycles. The molecule has 0 aromatic heterocycles. The molecule has 1 aliphatic heterocycles. The summed E-state index contributed by atoms with van der Waals surface area (Å²) in [6.45, 7) is 4.83. The van der Waals surface area contributed by atoms with Crippen molar-refractivity contribution >= 4 is 5.96 Å². The lowest BCUT2D eigenvalue weighted by Crippen LogP contribution is -2.51. The van der Waals surface area contributed by atoms with Gasteiger partial charge in [-0.25, -0.2) is 11.0 Å². The van der Waals surface area contributed by atoms with Crippen LogP contribution in [0.25, 0.3) is 0 Å². The molecule has 3 rings (SSSR count). The first-order valence-corrected chi connectivity index (χ1v) is 13.7. The smallest absolute Gasteiger partial charge is 0.368 e. The van der Waals surface area contributed by atoms with Crippen LogP contribution in [0.4, 0.5) is 39.5 Å². The fourth-order valence-electron chi connectivity index (χ4n) is 5.26. The minimum Gasteiger partial charge on any atom is -0.368 e. The summed E-state index contributed by atoms with van der Waals surface area (Å²) in [4.78, 5) is 5.40. The van der Waals surface area contributed by atoms with E-state index >= 15 is 0 Å². The number of nitrogens with zero attached hydrogens (tertiary/aromatic N) is 5. The molecule has 1 aliphatic rings. The maximum absolute atomic E-state index is 13.8. The van der Waals surface area contributed by atoms with E-state index in [1.807, 2.05) is 20.9 Å². The van der Waals surface area contributed by atoms with E-state index < -0.39 is 59.8 Å². The van der Waals surface area contributed by atoms with Crippen LogP contribution >= 0.6 is 0 Å². The number of benzene rings is 2. The van der Waals surface area contributed by atoms with Gasteiger partial charge < -0.3 is 15.5 Å². The predicted molar refractivity (Wildman–Crippen MR) is 147 cm³/mol. The van der Waals surface area contributed by atoms with Gasteiger partial charge in [0.25, 0.3) is 0 Å². The quantitative estimate of drug-likeness (QED) is 0.124. The fraction of sp³-hybridized carbons (Fsp3) is 0.536. The van der Waals surface area contributed by atoms with Gasteiger partial charge in [0.05, 0.1) is 16.7 Å². The van der Waals surface area contributed by atoms with E-state index in [9.17, 15) is 39.5 Å². The summed E-state index contributed by atoms with van der Waals surface area (Å²) in [6.07, 6.45) is -14.4. The largest absolute Gasteiger partial charge is 0.416 e. The minimum absolute atomic E-state index is 0.00720. The number of likely N-dealkylation sites (N-methyl/N-ethyl adjacent to an activating group) is 1. The molecule has 2 unspecified atom stereocenters. The first-order valence-electron chi connectivity index (χ1n) is 13.7. The molecule has 2 aromatic rings. The first kappa shape index (κ1) is 35.2. The van der Waals surface area contributed by atoms with E-state index in [-0.39, 0.29) is 23.7 Å². The van der Waals surface area contributed by atoms with Gasteiger partial charge in [-0.3, -0.25) is 4.90 Å². The number of hydrazine groups is 1. The van der Waals surface area contributed by atoms with E-state index in [0.29, 0.717) is 37.2 Å². The lowest BCUT2D eigenvalue weighted by molar-refractivity contribution is -0.143. The van der Waals surface area contributed by atoms with Crippen molar-refractivity contribution in [1.82, 2.24) is 19.8 Å². The molecule has 0 spiro atoms. The number of nitrogens with two attached hydrogens (primary N) is 2. The molecule has 0 bridgehead atoms. The molecular formula is C28H36F9N7. The van der Waals surface area contributed by atoms with Gasteiger partial charge in [-0.05, 0) is 67.4 Å². The number of guanidine groups is 1. The summed E-state index contributed by atoms with van der Waals surface area (Å²) in [6, 6.07) is 4.15. The van der Waals surface area contributed by atoms with Crippen LogP contribution in [0.3, 0.4) is 0 Å². The third-order valence-electron chi connectivity index (χ3n) is 7.61. The lowest BCUT2D eigenvalue weighted by atomic mass is 9.93. The summed E-state index contributed by atoms with van der Waals surface area (Å²) >= 11 is 0. The molecule has 0 radical (unpaired) electrons. The second kappa shape index (κ2) is 13.4. The Balaban J connectivity index is 2.15. The van der Waals surface area contributed by atoms with Crippen molar-refractivity contribution in [2.45, 2.75) is 64.0 Å². The Labute approximate surface area is 249 Å².